The van der Waals surface area contributed by atoms with Gasteiger partial charge in [0.1, 0.15) is 0 Å². The lowest BCUT2D eigenvalue weighted by atomic mass is 10.5. The molecule has 0 aromatic heterocycles. The lowest BCUT2D eigenvalue weighted by Gasteiger charge is -1.88. The molecule has 0 heterocycles. The molecule has 0 atom stereocenters. The first-order chi connectivity index (χ1) is 7.25. The summed E-state index contributed by atoms with van der Waals surface area (Å²) in [6, 6.07) is 0. The zero-order chi connectivity index (χ0) is 13.1. The molecule has 0 aliphatic heterocycles. The van der Waals surface area contributed by atoms with Crippen molar-refractivity contribution in [1.29, 1.82) is 0 Å². The van der Waals surface area contributed by atoms with Crippen LogP contribution >= 0.6 is 0 Å². The fourth-order valence-electron chi connectivity index (χ4n) is 0.311. The zero-order valence-electron chi connectivity index (χ0n) is 10.5. The smallest absolute Gasteiger partial charge is 0.319 e. The summed E-state index contributed by atoms with van der Waals surface area (Å²) in [6.45, 7) is 9.64. The molecule has 0 amide bonds. The van der Waals surface area contributed by atoms with Crippen LogP contribution in [0.5, 0.6) is 0 Å². The Kier molecular flexibility index (Phi) is 10.3. The second-order valence-electron chi connectivity index (χ2n) is 3.24. The number of hydrogen-bond acceptors (Lipinski definition) is 6. The summed E-state index contributed by atoms with van der Waals surface area (Å²) >= 11 is 0. The van der Waals surface area contributed by atoms with E-state index in [-0.39, 0.29) is 11.9 Å². The van der Waals surface area contributed by atoms with Crippen molar-refractivity contribution in [1.82, 2.24) is 0 Å². The molecule has 0 unspecified atom stereocenters. The molecule has 0 saturated heterocycles. The van der Waals surface area contributed by atoms with E-state index in [0.717, 1.165) is 11.4 Å². The Morgan fingerprint density at radius 1 is 0.688 bits per heavy atom. The van der Waals surface area contributed by atoms with Gasteiger partial charge in [0.15, 0.2) is 0 Å². The molecule has 6 nitrogen and oxygen atoms in total. The first-order valence-electron chi connectivity index (χ1n) is 4.63. The lowest BCUT2D eigenvalue weighted by Crippen LogP contribution is -1.93. The van der Waals surface area contributed by atoms with Crippen molar-refractivity contribution >= 4 is 23.4 Å². The minimum absolute atomic E-state index is 0.383. The van der Waals surface area contributed by atoms with Crippen LogP contribution < -0.4 is 0 Å². The lowest BCUT2D eigenvalue weighted by molar-refractivity contribution is -0.141. The van der Waals surface area contributed by atoms with Gasteiger partial charge in [-0.2, -0.15) is 0 Å². The number of carbonyl (C=O) groups is 2. The molecule has 0 aliphatic carbocycles. The van der Waals surface area contributed by atoms with Crippen molar-refractivity contribution in [3.8, 4) is 0 Å². The van der Waals surface area contributed by atoms with Crippen molar-refractivity contribution in [3.63, 3.8) is 0 Å². The third-order valence-corrected chi connectivity index (χ3v) is 0.714. The van der Waals surface area contributed by atoms with Crippen molar-refractivity contribution in [2.75, 3.05) is 0 Å². The molecule has 0 saturated carbocycles. The predicted molar refractivity (Wildman–Crippen MR) is 61.1 cm³/mol. The van der Waals surface area contributed by atoms with Crippen LogP contribution in [-0.4, -0.2) is 23.4 Å². The molecular formula is C10H18N2O4. The van der Waals surface area contributed by atoms with Crippen molar-refractivity contribution in [2.45, 2.75) is 41.5 Å². The van der Waals surface area contributed by atoms with E-state index in [2.05, 4.69) is 20.0 Å². The van der Waals surface area contributed by atoms with Crippen LogP contribution in [0.2, 0.25) is 0 Å². The molecule has 0 N–H and O–H groups in total. The Morgan fingerprint density at radius 3 is 1.00 bits per heavy atom. The van der Waals surface area contributed by atoms with Gasteiger partial charge in [-0.05, 0) is 27.7 Å². The fraction of sp³-hybridized carbons (Fsp3) is 0.600. The van der Waals surface area contributed by atoms with E-state index in [9.17, 15) is 9.59 Å². The van der Waals surface area contributed by atoms with E-state index < -0.39 is 0 Å². The first kappa shape index (κ1) is 16.7. The summed E-state index contributed by atoms with van der Waals surface area (Å²) in [4.78, 5) is 28.5. The van der Waals surface area contributed by atoms with Crippen LogP contribution in [0.15, 0.2) is 10.3 Å². The van der Waals surface area contributed by atoms with Crippen LogP contribution in [-0.2, 0) is 19.3 Å². The second kappa shape index (κ2) is 9.82. The normalized spacial score (nSPS) is 7.88. The van der Waals surface area contributed by atoms with Gasteiger partial charge in [-0.25, -0.2) is 9.59 Å². The average Bonchev–Trinajstić information content (AvgIpc) is 2.12. The summed E-state index contributed by atoms with van der Waals surface area (Å²) in [5, 5.41) is 6.78. The van der Waals surface area contributed by atoms with Crippen molar-refractivity contribution in [2.24, 2.45) is 10.3 Å². The molecular weight excluding hydrogens is 212 g/mol. The van der Waals surface area contributed by atoms with E-state index in [1.807, 2.05) is 0 Å². The highest BCUT2D eigenvalue weighted by Crippen LogP contribution is 1.79. The van der Waals surface area contributed by atoms with Gasteiger partial charge in [0.25, 0.3) is 0 Å². The van der Waals surface area contributed by atoms with Gasteiger partial charge >= 0.3 is 11.9 Å². The van der Waals surface area contributed by atoms with E-state index in [4.69, 9.17) is 0 Å². The van der Waals surface area contributed by atoms with Gasteiger partial charge in [-0.3, -0.25) is 0 Å². The highest BCUT2D eigenvalue weighted by atomic mass is 16.7. The van der Waals surface area contributed by atoms with E-state index in [1.54, 1.807) is 27.7 Å². The Morgan fingerprint density at radius 2 is 0.938 bits per heavy atom. The van der Waals surface area contributed by atoms with Gasteiger partial charge in [-0.15, -0.1) is 0 Å². The number of rotatable bonds is 2. The monoisotopic (exact) mass is 230 g/mol. The SMILES string of the molecule is CC(=O)ON=C(C)C.CC(=O)ON=C(C)C. The molecule has 0 bridgehead atoms. The van der Waals surface area contributed by atoms with Crippen LogP contribution in [0, 0.1) is 0 Å². The number of carbonyl (C=O) groups excluding carboxylic acids is 2. The summed E-state index contributed by atoms with van der Waals surface area (Å²) in [5.41, 5.74) is 1.47. The van der Waals surface area contributed by atoms with Gasteiger partial charge in [0.2, 0.25) is 0 Å². The molecule has 0 rings (SSSR count). The second-order valence-corrected chi connectivity index (χ2v) is 3.24. The Balaban J connectivity index is 0. The van der Waals surface area contributed by atoms with Crippen LogP contribution in [0.3, 0.4) is 0 Å². The molecule has 16 heavy (non-hydrogen) atoms. The number of hydrogen-bond donors (Lipinski definition) is 0. The minimum Gasteiger partial charge on any atom is -0.319 e. The Hall–Kier alpha value is -1.72. The maximum absolute atomic E-state index is 10.0. The Labute approximate surface area is 95.3 Å². The van der Waals surface area contributed by atoms with E-state index in [1.165, 1.54) is 13.8 Å². The highest BCUT2D eigenvalue weighted by molar-refractivity contribution is 5.79. The quantitative estimate of drug-likeness (QED) is 0.412. The van der Waals surface area contributed by atoms with E-state index in [0.29, 0.717) is 0 Å². The van der Waals surface area contributed by atoms with Gasteiger partial charge in [-0.1, -0.05) is 10.3 Å². The maximum Gasteiger partial charge on any atom is 0.331 e. The number of nitrogens with zero attached hydrogens (tertiary/aromatic N) is 2. The summed E-state index contributed by atoms with van der Waals surface area (Å²) < 4.78 is 0. The predicted octanol–water partition coefficient (Wildman–Crippen LogP) is 1.89. The summed E-state index contributed by atoms with van der Waals surface area (Å²) in [7, 11) is 0. The van der Waals surface area contributed by atoms with Crippen molar-refractivity contribution in [3.05, 3.63) is 0 Å². The van der Waals surface area contributed by atoms with Crippen molar-refractivity contribution < 1.29 is 19.3 Å². The summed E-state index contributed by atoms with van der Waals surface area (Å²) in [5.74, 6) is -0.766. The minimum atomic E-state index is -0.383. The van der Waals surface area contributed by atoms with Gasteiger partial charge in [0, 0.05) is 13.8 Å². The molecule has 0 spiro atoms. The third kappa shape index (κ3) is 22.8. The largest absolute Gasteiger partial charge is 0.331 e. The van der Waals surface area contributed by atoms with E-state index >= 15 is 0 Å². The molecule has 92 valence electrons. The standard InChI is InChI=1S/2C5H9NO2/c2*1-4(2)6-8-5(3)7/h2*1-3H3. The topological polar surface area (TPSA) is 77.3 Å². The first-order valence-corrected chi connectivity index (χ1v) is 4.63. The summed E-state index contributed by atoms with van der Waals surface area (Å²) in [6.07, 6.45) is 0. The molecule has 0 aromatic rings. The molecule has 0 aromatic carbocycles. The molecule has 0 radical (unpaired) electrons. The molecule has 6 heteroatoms. The van der Waals surface area contributed by atoms with Crippen LogP contribution in [0.25, 0.3) is 0 Å². The highest BCUT2D eigenvalue weighted by Gasteiger charge is 1.86. The molecule has 0 fully saturated rings. The van der Waals surface area contributed by atoms with Crippen LogP contribution in [0.1, 0.15) is 41.5 Å². The van der Waals surface area contributed by atoms with Gasteiger partial charge < -0.3 is 9.68 Å². The maximum atomic E-state index is 10.0. The average molecular weight is 230 g/mol. The van der Waals surface area contributed by atoms with Crippen LogP contribution in [0.4, 0.5) is 0 Å². The number of oxime groups is 2. The Bertz CT molecular complexity index is 257. The third-order valence-electron chi connectivity index (χ3n) is 0.714. The molecule has 0 aliphatic rings. The fourth-order valence-corrected chi connectivity index (χ4v) is 0.311. The van der Waals surface area contributed by atoms with Gasteiger partial charge in [0.05, 0.1) is 11.4 Å². The zero-order valence-corrected chi connectivity index (χ0v) is 10.5.